The van der Waals surface area contributed by atoms with Gasteiger partial charge in [0.05, 0.1) is 28.5 Å². The maximum Gasteiger partial charge on any atom is 0.252 e. The summed E-state index contributed by atoms with van der Waals surface area (Å²) >= 11 is 0. The van der Waals surface area contributed by atoms with E-state index in [0.717, 1.165) is 31.7 Å². The van der Waals surface area contributed by atoms with E-state index in [4.69, 9.17) is 4.42 Å². The summed E-state index contributed by atoms with van der Waals surface area (Å²) in [5.41, 5.74) is 0.191. The number of likely N-dealkylation sites (tertiary alicyclic amines) is 1. The van der Waals surface area contributed by atoms with Crippen molar-refractivity contribution in [3.8, 4) is 0 Å². The number of hydrogen-bond donors (Lipinski definition) is 1. The van der Waals surface area contributed by atoms with Crippen LogP contribution in [0.3, 0.4) is 0 Å². The molecule has 1 amide bonds. The molecule has 2 aromatic rings. The van der Waals surface area contributed by atoms with E-state index < -0.39 is 9.84 Å². The molecule has 0 aliphatic carbocycles. The highest BCUT2D eigenvalue weighted by molar-refractivity contribution is 7.91. The van der Waals surface area contributed by atoms with Crippen molar-refractivity contribution in [1.82, 2.24) is 10.2 Å². The summed E-state index contributed by atoms with van der Waals surface area (Å²) in [6, 6.07) is 10.1. The lowest BCUT2D eigenvalue weighted by Crippen LogP contribution is -2.40. The van der Waals surface area contributed by atoms with E-state index >= 15 is 0 Å². The zero-order chi connectivity index (χ0) is 19.3. The molecule has 1 fully saturated rings. The molecule has 1 N–H and O–H groups in total. The van der Waals surface area contributed by atoms with Gasteiger partial charge in [-0.15, -0.1) is 0 Å². The van der Waals surface area contributed by atoms with Crippen molar-refractivity contribution in [3.05, 3.63) is 54.0 Å². The van der Waals surface area contributed by atoms with E-state index in [0.29, 0.717) is 6.54 Å². The van der Waals surface area contributed by atoms with E-state index in [2.05, 4.69) is 10.2 Å². The van der Waals surface area contributed by atoms with Crippen molar-refractivity contribution < 1.29 is 17.6 Å². The molecule has 0 spiro atoms. The Morgan fingerprint density at radius 2 is 1.89 bits per heavy atom. The number of carbonyl (C=O) groups is 1. The highest BCUT2D eigenvalue weighted by Crippen LogP contribution is 2.25. The molecule has 1 aliphatic heterocycles. The molecule has 146 valence electrons. The summed E-state index contributed by atoms with van der Waals surface area (Å²) < 4.78 is 30.2. The second kappa shape index (κ2) is 8.71. The SMILES string of the molecule is CCS(=O)(=O)c1ccccc1C(=O)NC[C@@H](c1ccco1)N1CCCCC1. The molecule has 0 saturated carbocycles. The molecular weight excluding hydrogens is 364 g/mol. The lowest BCUT2D eigenvalue weighted by molar-refractivity contribution is 0.0911. The summed E-state index contributed by atoms with van der Waals surface area (Å²) in [5, 5.41) is 2.92. The number of nitrogens with zero attached hydrogens (tertiary/aromatic N) is 1. The van der Waals surface area contributed by atoms with Crippen LogP contribution < -0.4 is 5.32 Å². The van der Waals surface area contributed by atoms with Crippen LogP contribution in [-0.2, 0) is 9.84 Å². The second-order valence-electron chi connectivity index (χ2n) is 6.74. The van der Waals surface area contributed by atoms with E-state index in [1.807, 2.05) is 12.1 Å². The molecule has 0 radical (unpaired) electrons. The van der Waals surface area contributed by atoms with Gasteiger partial charge in [0.1, 0.15) is 5.76 Å². The van der Waals surface area contributed by atoms with Gasteiger partial charge in [0, 0.05) is 6.54 Å². The van der Waals surface area contributed by atoms with Gasteiger partial charge in [-0.2, -0.15) is 0 Å². The third-order valence-electron chi connectivity index (χ3n) is 5.01. The van der Waals surface area contributed by atoms with Gasteiger partial charge in [0.2, 0.25) is 0 Å². The molecule has 1 aromatic carbocycles. The van der Waals surface area contributed by atoms with Gasteiger partial charge in [-0.05, 0) is 50.2 Å². The van der Waals surface area contributed by atoms with Crippen LogP contribution >= 0.6 is 0 Å². The van der Waals surface area contributed by atoms with Gasteiger partial charge in [-0.25, -0.2) is 8.42 Å². The summed E-state index contributed by atoms with van der Waals surface area (Å²) in [7, 11) is -3.47. The van der Waals surface area contributed by atoms with Gasteiger partial charge in [0.15, 0.2) is 9.84 Å². The number of sulfone groups is 1. The number of benzene rings is 1. The van der Waals surface area contributed by atoms with Gasteiger partial charge in [-0.1, -0.05) is 25.5 Å². The number of nitrogens with one attached hydrogen (secondary N) is 1. The maximum atomic E-state index is 12.8. The van der Waals surface area contributed by atoms with Crippen molar-refractivity contribution in [2.75, 3.05) is 25.4 Å². The molecule has 1 aliphatic rings. The van der Waals surface area contributed by atoms with Gasteiger partial charge < -0.3 is 9.73 Å². The molecule has 1 aromatic heterocycles. The van der Waals surface area contributed by atoms with Gasteiger partial charge >= 0.3 is 0 Å². The smallest absolute Gasteiger partial charge is 0.252 e. The van der Waals surface area contributed by atoms with Crippen LogP contribution in [0.25, 0.3) is 0 Å². The third-order valence-corrected chi connectivity index (χ3v) is 6.79. The van der Waals surface area contributed by atoms with E-state index in [-0.39, 0.29) is 28.2 Å². The highest BCUT2D eigenvalue weighted by Gasteiger charge is 2.26. The number of piperidine rings is 1. The number of amides is 1. The predicted octanol–water partition coefficient (Wildman–Crippen LogP) is 3.03. The lowest BCUT2D eigenvalue weighted by Gasteiger charge is -2.33. The first-order valence-electron chi connectivity index (χ1n) is 9.40. The summed E-state index contributed by atoms with van der Waals surface area (Å²) in [6.45, 7) is 3.87. The molecule has 7 heteroatoms. The first-order valence-corrected chi connectivity index (χ1v) is 11.1. The Morgan fingerprint density at radius 1 is 1.15 bits per heavy atom. The standard InChI is InChI=1S/C20H26N2O4S/c1-2-27(24,25)19-11-5-4-9-16(19)20(23)21-15-17(18-10-8-14-26-18)22-12-6-3-7-13-22/h4-5,8-11,14,17H,2-3,6-7,12-13,15H2,1H3,(H,21,23)/t17-/m0/s1. The molecule has 0 bridgehead atoms. The largest absolute Gasteiger partial charge is 0.468 e. The van der Waals surface area contributed by atoms with Crippen LogP contribution in [0.15, 0.2) is 52.0 Å². The Kier molecular flexibility index (Phi) is 6.34. The minimum Gasteiger partial charge on any atom is -0.468 e. The van der Waals surface area contributed by atoms with Gasteiger partial charge in [-0.3, -0.25) is 9.69 Å². The first kappa shape index (κ1) is 19.6. The van der Waals surface area contributed by atoms with Crippen LogP contribution in [0.5, 0.6) is 0 Å². The number of rotatable bonds is 7. The topological polar surface area (TPSA) is 79.6 Å². The molecule has 27 heavy (non-hydrogen) atoms. The highest BCUT2D eigenvalue weighted by atomic mass is 32.2. The monoisotopic (exact) mass is 390 g/mol. The zero-order valence-corrected chi connectivity index (χ0v) is 16.4. The Bertz CT molecular complexity index is 856. The van der Waals surface area contributed by atoms with Crippen molar-refractivity contribution >= 4 is 15.7 Å². The molecule has 1 saturated heterocycles. The van der Waals surface area contributed by atoms with E-state index in [9.17, 15) is 13.2 Å². The van der Waals surface area contributed by atoms with Crippen LogP contribution in [0.4, 0.5) is 0 Å². The second-order valence-corrected chi connectivity index (χ2v) is 8.98. The molecule has 0 unspecified atom stereocenters. The Balaban J connectivity index is 1.77. The number of hydrogen-bond acceptors (Lipinski definition) is 5. The fourth-order valence-electron chi connectivity index (χ4n) is 3.49. The molecule has 2 heterocycles. The van der Waals surface area contributed by atoms with Crippen LogP contribution in [0, 0.1) is 0 Å². The average molecular weight is 391 g/mol. The Morgan fingerprint density at radius 3 is 2.56 bits per heavy atom. The molecule has 3 rings (SSSR count). The van der Waals surface area contributed by atoms with Crippen molar-refractivity contribution in [2.45, 2.75) is 37.1 Å². The van der Waals surface area contributed by atoms with E-state index in [1.165, 1.54) is 12.5 Å². The molecular formula is C20H26N2O4S. The van der Waals surface area contributed by atoms with Crippen LogP contribution in [0.2, 0.25) is 0 Å². The first-order chi connectivity index (χ1) is 13.0. The summed E-state index contributed by atoms with van der Waals surface area (Å²) in [4.78, 5) is 15.2. The minimum absolute atomic E-state index is 0.0416. The fourth-order valence-corrected chi connectivity index (χ4v) is 4.58. The normalized spacial score (nSPS) is 16.8. The number of carbonyl (C=O) groups excluding carboxylic acids is 1. The molecule has 1 atom stereocenters. The average Bonchev–Trinajstić information content (AvgIpc) is 3.23. The summed E-state index contributed by atoms with van der Waals surface area (Å²) in [5.74, 6) is 0.392. The lowest BCUT2D eigenvalue weighted by atomic mass is 10.1. The number of furan rings is 1. The van der Waals surface area contributed by atoms with E-state index in [1.54, 1.807) is 31.4 Å². The maximum absolute atomic E-state index is 12.8. The quantitative estimate of drug-likeness (QED) is 0.786. The van der Waals surface area contributed by atoms with Crippen LogP contribution in [-0.4, -0.2) is 44.6 Å². The summed E-state index contributed by atoms with van der Waals surface area (Å²) in [6.07, 6.45) is 5.11. The van der Waals surface area contributed by atoms with Crippen molar-refractivity contribution in [3.63, 3.8) is 0 Å². The minimum atomic E-state index is -3.47. The van der Waals surface area contributed by atoms with Gasteiger partial charge in [0.25, 0.3) is 5.91 Å². The van der Waals surface area contributed by atoms with Crippen molar-refractivity contribution in [1.29, 1.82) is 0 Å². The molecule has 6 nitrogen and oxygen atoms in total. The fraction of sp³-hybridized carbons (Fsp3) is 0.450. The predicted molar refractivity (Wildman–Crippen MR) is 103 cm³/mol. The Labute approximate surface area is 160 Å². The zero-order valence-electron chi connectivity index (χ0n) is 15.6. The van der Waals surface area contributed by atoms with Crippen molar-refractivity contribution in [2.24, 2.45) is 0 Å². The third kappa shape index (κ3) is 4.59. The Hall–Kier alpha value is -2.12. The van der Waals surface area contributed by atoms with Crippen LogP contribution in [0.1, 0.15) is 48.3 Å².